The highest BCUT2D eigenvalue weighted by Gasteiger charge is 2.02. The first-order chi connectivity index (χ1) is 12.2. The molecule has 0 aliphatic heterocycles. The van der Waals surface area contributed by atoms with E-state index in [9.17, 15) is 0 Å². The molecular weight excluding hydrogens is 457 g/mol. The summed E-state index contributed by atoms with van der Waals surface area (Å²) in [5.74, 6) is 0.860. The molecule has 0 aliphatic rings. The monoisotopic (exact) mass is 487 g/mol. The predicted octanol–water partition coefficient (Wildman–Crippen LogP) is 3.30. The zero-order chi connectivity index (χ0) is 17.9. The van der Waals surface area contributed by atoms with Gasteiger partial charge in [-0.1, -0.05) is 30.3 Å². The molecule has 0 radical (unpaired) electrons. The molecule has 0 atom stereocenters. The molecule has 0 saturated carbocycles. The van der Waals surface area contributed by atoms with Gasteiger partial charge in [-0.3, -0.25) is 4.99 Å². The van der Waals surface area contributed by atoms with Crippen molar-refractivity contribution in [1.29, 1.82) is 0 Å². The van der Waals surface area contributed by atoms with E-state index in [1.165, 1.54) is 15.4 Å². The Morgan fingerprint density at radius 1 is 1.19 bits per heavy atom. The fourth-order valence-corrected chi connectivity index (χ4v) is 3.34. The molecule has 0 aliphatic carbocycles. The molecule has 0 saturated heterocycles. The molecular formula is C19H30IN5S. The number of hydrogen-bond donors (Lipinski definition) is 2. The number of guanidine groups is 1. The Balaban J connectivity index is 0.00000338. The van der Waals surface area contributed by atoms with Gasteiger partial charge in [-0.15, -0.1) is 35.3 Å². The third-order valence-electron chi connectivity index (χ3n) is 3.83. The number of halogens is 1. The minimum atomic E-state index is 0. The van der Waals surface area contributed by atoms with Crippen LogP contribution in [0.5, 0.6) is 0 Å². The molecule has 0 amide bonds. The van der Waals surface area contributed by atoms with E-state index in [1.807, 2.05) is 13.2 Å². The van der Waals surface area contributed by atoms with Crippen molar-refractivity contribution in [2.75, 3.05) is 33.7 Å². The van der Waals surface area contributed by atoms with Crippen LogP contribution in [0.1, 0.15) is 21.9 Å². The van der Waals surface area contributed by atoms with Crippen molar-refractivity contribution in [3.05, 3.63) is 52.0 Å². The molecule has 2 aromatic rings. The second kappa shape index (κ2) is 13.1. The highest BCUT2D eigenvalue weighted by atomic mass is 127. The summed E-state index contributed by atoms with van der Waals surface area (Å²) in [6, 6.07) is 10.6. The van der Waals surface area contributed by atoms with Crippen LogP contribution in [-0.2, 0) is 13.0 Å². The van der Waals surface area contributed by atoms with Gasteiger partial charge in [0.05, 0.1) is 5.01 Å². The topological polar surface area (TPSA) is 52.6 Å². The number of aliphatic imine (C=N–C) groups is 1. The van der Waals surface area contributed by atoms with Crippen molar-refractivity contribution in [1.82, 2.24) is 20.5 Å². The van der Waals surface area contributed by atoms with Crippen LogP contribution >= 0.6 is 35.3 Å². The molecule has 7 heteroatoms. The summed E-state index contributed by atoms with van der Waals surface area (Å²) in [7, 11) is 3.97. The van der Waals surface area contributed by atoms with Gasteiger partial charge in [-0.25, -0.2) is 4.98 Å². The van der Waals surface area contributed by atoms with Crippen molar-refractivity contribution in [2.45, 2.75) is 26.3 Å². The smallest absolute Gasteiger partial charge is 0.190 e. The molecule has 0 bridgehead atoms. The van der Waals surface area contributed by atoms with Gasteiger partial charge in [0.2, 0.25) is 0 Å². The Morgan fingerprint density at radius 2 is 1.92 bits per heavy atom. The maximum Gasteiger partial charge on any atom is 0.190 e. The Hall–Kier alpha value is -1.19. The fourth-order valence-electron chi connectivity index (χ4n) is 2.56. The third-order valence-corrected chi connectivity index (χ3v) is 4.80. The van der Waals surface area contributed by atoms with E-state index in [1.54, 1.807) is 11.3 Å². The predicted molar refractivity (Wildman–Crippen MR) is 123 cm³/mol. The first kappa shape index (κ1) is 22.9. The number of rotatable bonds is 9. The molecule has 0 unspecified atom stereocenters. The SMILES string of the molecule is CN=C(NCCCN(C)Cc1ccccc1)NCCc1ncc(C)s1.I. The zero-order valence-corrected chi connectivity index (χ0v) is 19.0. The molecule has 1 aromatic heterocycles. The number of nitrogens with zero attached hydrogens (tertiary/aromatic N) is 3. The maximum absolute atomic E-state index is 4.38. The standard InChI is InChI=1S/C19H29N5S.HI/c1-16-14-23-18(25-16)10-12-22-19(20-2)21-11-7-13-24(3)15-17-8-5-4-6-9-17;/h4-6,8-9,14H,7,10-13,15H2,1-3H3,(H2,20,21,22);1H. The lowest BCUT2D eigenvalue weighted by molar-refractivity contribution is 0.322. The van der Waals surface area contributed by atoms with Crippen LogP contribution in [0.25, 0.3) is 0 Å². The van der Waals surface area contributed by atoms with Crippen LogP contribution in [0.2, 0.25) is 0 Å². The molecule has 1 heterocycles. The van der Waals surface area contributed by atoms with E-state index in [0.29, 0.717) is 0 Å². The van der Waals surface area contributed by atoms with Crippen molar-refractivity contribution in [3.8, 4) is 0 Å². The second-order valence-corrected chi connectivity index (χ2v) is 7.44. The van der Waals surface area contributed by atoms with Crippen molar-refractivity contribution in [3.63, 3.8) is 0 Å². The van der Waals surface area contributed by atoms with Crippen LogP contribution < -0.4 is 10.6 Å². The Kier molecular flexibility index (Phi) is 11.5. The van der Waals surface area contributed by atoms with Crippen LogP contribution in [0.4, 0.5) is 0 Å². The van der Waals surface area contributed by atoms with Gasteiger partial charge < -0.3 is 15.5 Å². The lowest BCUT2D eigenvalue weighted by atomic mass is 10.2. The van der Waals surface area contributed by atoms with Crippen LogP contribution in [0.15, 0.2) is 41.5 Å². The van der Waals surface area contributed by atoms with Crippen molar-refractivity contribution in [2.24, 2.45) is 4.99 Å². The zero-order valence-electron chi connectivity index (χ0n) is 15.9. The van der Waals surface area contributed by atoms with E-state index in [-0.39, 0.29) is 24.0 Å². The maximum atomic E-state index is 4.38. The highest BCUT2D eigenvalue weighted by molar-refractivity contribution is 14.0. The second-order valence-electron chi connectivity index (χ2n) is 6.12. The van der Waals surface area contributed by atoms with Gasteiger partial charge in [-0.2, -0.15) is 0 Å². The first-order valence-electron chi connectivity index (χ1n) is 8.75. The van der Waals surface area contributed by atoms with E-state index in [4.69, 9.17) is 0 Å². The minimum absolute atomic E-state index is 0. The molecule has 5 nitrogen and oxygen atoms in total. The van der Waals surface area contributed by atoms with Gasteiger partial charge in [-0.05, 0) is 32.5 Å². The summed E-state index contributed by atoms with van der Waals surface area (Å²) in [5.41, 5.74) is 1.35. The molecule has 2 rings (SSSR count). The summed E-state index contributed by atoms with van der Waals surface area (Å²) in [6.07, 6.45) is 3.94. The molecule has 0 fully saturated rings. The van der Waals surface area contributed by atoms with Crippen LogP contribution in [-0.4, -0.2) is 49.6 Å². The first-order valence-corrected chi connectivity index (χ1v) is 9.57. The fraction of sp³-hybridized carbons (Fsp3) is 0.474. The summed E-state index contributed by atoms with van der Waals surface area (Å²) in [5, 5.41) is 7.89. The lowest BCUT2D eigenvalue weighted by Gasteiger charge is -2.17. The summed E-state index contributed by atoms with van der Waals surface area (Å²) < 4.78 is 0. The number of hydrogen-bond acceptors (Lipinski definition) is 4. The van der Waals surface area contributed by atoms with Gasteiger partial charge >= 0.3 is 0 Å². The van der Waals surface area contributed by atoms with Crippen molar-refractivity contribution >= 4 is 41.3 Å². The van der Waals surface area contributed by atoms with Crippen LogP contribution in [0.3, 0.4) is 0 Å². The molecule has 144 valence electrons. The number of aryl methyl sites for hydroxylation is 1. The molecule has 0 spiro atoms. The Morgan fingerprint density at radius 3 is 2.58 bits per heavy atom. The number of thiazole rings is 1. The van der Waals surface area contributed by atoms with Gasteiger partial charge in [0.15, 0.2) is 5.96 Å². The summed E-state index contributed by atoms with van der Waals surface area (Å²) in [6.45, 7) is 5.89. The minimum Gasteiger partial charge on any atom is -0.356 e. The Bertz CT molecular complexity index is 644. The number of aromatic nitrogens is 1. The number of nitrogens with one attached hydrogen (secondary N) is 2. The van der Waals surface area contributed by atoms with E-state index >= 15 is 0 Å². The van der Waals surface area contributed by atoms with Gasteiger partial charge in [0.1, 0.15) is 0 Å². The quantitative estimate of drug-likeness (QED) is 0.247. The normalized spacial score (nSPS) is 11.3. The van der Waals surface area contributed by atoms with E-state index < -0.39 is 0 Å². The lowest BCUT2D eigenvalue weighted by Crippen LogP contribution is -2.39. The van der Waals surface area contributed by atoms with Gasteiger partial charge in [0, 0.05) is 44.2 Å². The Labute approximate surface area is 178 Å². The van der Waals surface area contributed by atoms with Crippen LogP contribution in [0, 0.1) is 6.92 Å². The average molecular weight is 487 g/mol. The van der Waals surface area contributed by atoms with E-state index in [2.05, 4.69) is 69.8 Å². The van der Waals surface area contributed by atoms with Crippen molar-refractivity contribution < 1.29 is 0 Å². The van der Waals surface area contributed by atoms with Gasteiger partial charge in [0.25, 0.3) is 0 Å². The highest BCUT2D eigenvalue weighted by Crippen LogP contribution is 2.10. The molecule has 1 aromatic carbocycles. The molecule has 26 heavy (non-hydrogen) atoms. The summed E-state index contributed by atoms with van der Waals surface area (Å²) in [4.78, 5) is 12.3. The largest absolute Gasteiger partial charge is 0.356 e. The number of benzene rings is 1. The molecule has 2 N–H and O–H groups in total. The average Bonchev–Trinajstić information content (AvgIpc) is 3.03. The summed E-state index contributed by atoms with van der Waals surface area (Å²) >= 11 is 1.76. The third kappa shape index (κ3) is 8.95. The van der Waals surface area contributed by atoms with E-state index in [0.717, 1.165) is 45.0 Å².